The topological polar surface area (TPSA) is 8.17 Å². The van der Waals surface area contributed by atoms with Gasteiger partial charge < -0.3 is 9.47 Å². The fraction of sp³-hybridized carbons (Fsp3) is 0. The van der Waals surface area contributed by atoms with E-state index in [1.807, 2.05) is 0 Å². The van der Waals surface area contributed by atoms with Crippen molar-refractivity contribution in [2.24, 2.45) is 0 Å². The van der Waals surface area contributed by atoms with Gasteiger partial charge in [0.15, 0.2) is 0 Å². The fourth-order valence-corrected chi connectivity index (χ4v) is 7.27. The summed E-state index contributed by atoms with van der Waals surface area (Å²) in [5, 5.41) is 2.46. The van der Waals surface area contributed by atoms with Crippen molar-refractivity contribution in [1.29, 1.82) is 0 Å². The van der Waals surface area contributed by atoms with Crippen molar-refractivity contribution in [2.75, 3.05) is 4.90 Å². The quantitative estimate of drug-likeness (QED) is 0.169. The third-order valence-electron chi connectivity index (χ3n) is 9.54. The summed E-state index contributed by atoms with van der Waals surface area (Å²) < 4.78 is 2.40. The molecule has 0 radical (unpaired) electrons. The molecule has 8 aromatic carbocycles. The zero-order chi connectivity index (χ0) is 33.3. The van der Waals surface area contributed by atoms with Crippen LogP contribution < -0.4 is 4.90 Å². The molecule has 0 spiro atoms. The second-order valence-electron chi connectivity index (χ2n) is 12.6. The molecule has 2 heteroatoms. The average molecular weight is 639 g/mol. The van der Waals surface area contributed by atoms with Crippen LogP contribution in [-0.4, -0.2) is 4.57 Å². The molecule has 0 bridgehead atoms. The second-order valence-corrected chi connectivity index (χ2v) is 12.6. The number of aromatic nitrogens is 1. The molecule has 0 fully saturated rings. The van der Waals surface area contributed by atoms with E-state index in [-0.39, 0.29) is 0 Å². The van der Waals surface area contributed by atoms with Crippen molar-refractivity contribution in [3.05, 3.63) is 206 Å². The highest BCUT2D eigenvalue weighted by Crippen LogP contribution is 2.44. The first-order valence-corrected chi connectivity index (χ1v) is 17.1. The Morgan fingerprint density at radius 1 is 0.320 bits per heavy atom. The number of anilines is 3. The Hall–Kier alpha value is -6.64. The van der Waals surface area contributed by atoms with Crippen molar-refractivity contribution in [3.8, 4) is 39.1 Å². The van der Waals surface area contributed by atoms with Crippen molar-refractivity contribution < 1.29 is 0 Å². The number of benzene rings is 8. The van der Waals surface area contributed by atoms with Crippen LogP contribution in [-0.2, 0) is 0 Å². The molecule has 0 amide bonds. The van der Waals surface area contributed by atoms with Crippen LogP contribution in [0.15, 0.2) is 206 Å². The molecular weight excluding hydrogens is 605 g/mol. The Labute approximate surface area is 292 Å². The van der Waals surface area contributed by atoms with E-state index in [4.69, 9.17) is 0 Å². The molecule has 0 aliphatic rings. The molecule has 1 aromatic heterocycles. The minimum atomic E-state index is 1.10. The fourth-order valence-electron chi connectivity index (χ4n) is 7.27. The van der Waals surface area contributed by atoms with E-state index < -0.39 is 0 Å². The largest absolute Gasteiger partial charge is 0.310 e. The van der Waals surface area contributed by atoms with E-state index in [1.54, 1.807) is 0 Å². The molecule has 9 aromatic rings. The van der Waals surface area contributed by atoms with Gasteiger partial charge in [0.25, 0.3) is 0 Å². The van der Waals surface area contributed by atoms with Crippen molar-refractivity contribution in [3.63, 3.8) is 0 Å². The number of hydrogen-bond acceptors (Lipinski definition) is 1. The van der Waals surface area contributed by atoms with E-state index in [0.717, 1.165) is 22.7 Å². The lowest BCUT2D eigenvalue weighted by atomic mass is 9.97. The third-order valence-corrected chi connectivity index (χ3v) is 9.54. The lowest BCUT2D eigenvalue weighted by molar-refractivity contribution is 1.18. The van der Waals surface area contributed by atoms with Crippen molar-refractivity contribution >= 4 is 38.9 Å². The maximum Gasteiger partial charge on any atom is 0.0547 e. The number of nitrogens with zero attached hydrogens (tertiary/aromatic N) is 2. The normalized spacial score (nSPS) is 11.2. The first-order chi connectivity index (χ1) is 24.8. The van der Waals surface area contributed by atoms with Crippen LogP contribution >= 0.6 is 0 Å². The van der Waals surface area contributed by atoms with E-state index in [2.05, 4.69) is 216 Å². The van der Waals surface area contributed by atoms with Crippen LogP contribution in [0.3, 0.4) is 0 Å². The third kappa shape index (κ3) is 5.34. The van der Waals surface area contributed by atoms with Gasteiger partial charge in [0.1, 0.15) is 0 Å². The van der Waals surface area contributed by atoms with Crippen LogP contribution in [0.4, 0.5) is 17.1 Å². The number of fused-ring (bicyclic) bond motifs is 3. The minimum Gasteiger partial charge on any atom is -0.310 e. The van der Waals surface area contributed by atoms with Crippen LogP contribution in [0, 0.1) is 0 Å². The summed E-state index contributed by atoms with van der Waals surface area (Å²) >= 11 is 0. The summed E-state index contributed by atoms with van der Waals surface area (Å²) in [6, 6.07) is 74.1. The van der Waals surface area contributed by atoms with Gasteiger partial charge in [-0.1, -0.05) is 140 Å². The molecule has 0 saturated heterocycles. The molecular formula is C48H34N2. The maximum absolute atomic E-state index is 2.40. The molecule has 50 heavy (non-hydrogen) atoms. The summed E-state index contributed by atoms with van der Waals surface area (Å²) in [6.07, 6.45) is 0. The molecule has 2 nitrogen and oxygen atoms in total. The van der Waals surface area contributed by atoms with Crippen LogP contribution in [0.2, 0.25) is 0 Å². The van der Waals surface area contributed by atoms with Gasteiger partial charge in [0.2, 0.25) is 0 Å². The van der Waals surface area contributed by atoms with Gasteiger partial charge in [0, 0.05) is 33.5 Å². The van der Waals surface area contributed by atoms with Gasteiger partial charge in [-0.3, -0.25) is 0 Å². The Bertz CT molecular complexity index is 2500. The standard InChI is InChI=1S/C48H34N2/c1-6-17-35(18-7-1)38-31-39(36-19-8-2-9-20-36)33-43(32-38)49(40-23-12-4-13-24-40)42-29-30-46-45(34-42)48-44(37-21-10-3-11-22-37)27-16-28-47(48)50(46)41-25-14-5-15-26-41/h1-34H. The summed E-state index contributed by atoms with van der Waals surface area (Å²) in [6.45, 7) is 0. The summed E-state index contributed by atoms with van der Waals surface area (Å²) in [5.74, 6) is 0. The number of hydrogen-bond donors (Lipinski definition) is 0. The summed E-state index contributed by atoms with van der Waals surface area (Å²) in [5.41, 5.74) is 14.0. The van der Waals surface area contributed by atoms with Crippen LogP contribution in [0.5, 0.6) is 0 Å². The van der Waals surface area contributed by atoms with Gasteiger partial charge in [-0.05, 0) is 100 Å². The average Bonchev–Trinajstić information content (AvgIpc) is 3.54. The Morgan fingerprint density at radius 2 is 0.860 bits per heavy atom. The van der Waals surface area contributed by atoms with E-state index >= 15 is 0 Å². The zero-order valence-electron chi connectivity index (χ0n) is 27.5. The number of rotatable bonds is 7. The highest BCUT2D eigenvalue weighted by Gasteiger charge is 2.20. The van der Waals surface area contributed by atoms with Gasteiger partial charge in [-0.2, -0.15) is 0 Å². The minimum absolute atomic E-state index is 1.10. The zero-order valence-corrected chi connectivity index (χ0v) is 27.5. The number of para-hydroxylation sites is 2. The predicted molar refractivity (Wildman–Crippen MR) is 212 cm³/mol. The molecule has 1 heterocycles. The molecule has 0 N–H and O–H groups in total. The predicted octanol–water partition coefficient (Wildman–Crippen LogP) is 13.3. The van der Waals surface area contributed by atoms with Crippen LogP contribution in [0.25, 0.3) is 60.9 Å². The van der Waals surface area contributed by atoms with E-state index in [1.165, 1.54) is 55.2 Å². The maximum atomic E-state index is 2.40. The molecule has 0 aliphatic carbocycles. The Kier molecular flexibility index (Phi) is 7.53. The van der Waals surface area contributed by atoms with E-state index in [0.29, 0.717) is 0 Å². The highest BCUT2D eigenvalue weighted by atomic mass is 15.1. The highest BCUT2D eigenvalue weighted by molar-refractivity contribution is 6.16. The molecule has 0 aliphatic heterocycles. The Balaban J connectivity index is 1.33. The molecule has 236 valence electrons. The lowest BCUT2D eigenvalue weighted by Crippen LogP contribution is -2.10. The first kappa shape index (κ1) is 29.5. The Morgan fingerprint density at radius 3 is 1.46 bits per heavy atom. The molecule has 0 unspecified atom stereocenters. The van der Waals surface area contributed by atoms with Gasteiger partial charge in [0.05, 0.1) is 11.0 Å². The van der Waals surface area contributed by atoms with Crippen molar-refractivity contribution in [1.82, 2.24) is 4.57 Å². The van der Waals surface area contributed by atoms with Crippen LogP contribution in [0.1, 0.15) is 0 Å². The SMILES string of the molecule is c1ccc(-c2cc(-c3ccccc3)cc(N(c3ccccc3)c3ccc4c(c3)c3c(-c5ccccc5)cccc3n4-c3ccccc3)c2)cc1. The van der Waals surface area contributed by atoms with Gasteiger partial charge >= 0.3 is 0 Å². The second kappa shape index (κ2) is 12.8. The van der Waals surface area contributed by atoms with Gasteiger partial charge in [-0.25, -0.2) is 0 Å². The lowest BCUT2D eigenvalue weighted by Gasteiger charge is -2.27. The monoisotopic (exact) mass is 638 g/mol. The molecule has 9 rings (SSSR count). The van der Waals surface area contributed by atoms with Crippen molar-refractivity contribution in [2.45, 2.75) is 0 Å². The van der Waals surface area contributed by atoms with Gasteiger partial charge in [-0.15, -0.1) is 0 Å². The van der Waals surface area contributed by atoms with E-state index in [9.17, 15) is 0 Å². The first-order valence-electron chi connectivity index (χ1n) is 17.1. The molecule has 0 atom stereocenters. The molecule has 0 saturated carbocycles. The summed E-state index contributed by atoms with van der Waals surface area (Å²) in [7, 11) is 0. The summed E-state index contributed by atoms with van der Waals surface area (Å²) in [4.78, 5) is 2.40. The smallest absolute Gasteiger partial charge is 0.0547 e.